The Morgan fingerprint density at radius 1 is 1.36 bits per heavy atom. The van der Waals surface area contributed by atoms with Crippen LogP contribution < -0.4 is 5.73 Å². The molecule has 0 aliphatic rings. The topological polar surface area (TPSA) is 26.0 Å². The van der Waals surface area contributed by atoms with Gasteiger partial charge in [-0.05, 0) is 30.4 Å². The number of halogens is 1. The molecule has 0 spiro atoms. The molecule has 0 heterocycles. The molecule has 2 unspecified atom stereocenters. The molecule has 2 atom stereocenters. The lowest BCUT2D eigenvalue weighted by atomic mass is 9.93. The Labute approximate surface area is 91.3 Å². The predicted octanol–water partition coefficient (Wildman–Crippen LogP) is 3.26. The van der Waals surface area contributed by atoms with Crippen LogP contribution in [0.15, 0.2) is 24.3 Å². The van der Waals surface area contributed by atoms with Gasteiger partial charge in [-0.2, -0.15) is 0 Å². The van der Waals surface area contributed by atoms with Crippen LogP contribution in [-0.2, 0) is 6.42 Å². The number of hydrogen-bond acceptors (Lipinski definition) is 1. The van der Waals surface area contributed by atoms with Gasteiger partial charge >= 0.3 is 0 Å². The highest BCUT2D eigenvalue weighted by Gasteiger charge is 2.12. The third kappa shape index (κ3) is 3.00. The third-order valence-corrected chi connectivity index (χ3v) is 3.07. The maximum Gasteiger partial charge on any atom is 0.0438 e. The summed E-state index contributed by atoms with van der Waals surface area (Å²) in [5.74, 6) is 0.486. The van der Waals surface area contributed by atoms with Gasteiger partial charge in [0.1, 0.15) is 0 Å². The van der Waals surface area contributed by atoms with E-state index >= 15 is 0 Å². The molecule has 0 aliphatic heterocycles. The van der Waals surface area contributed by atoms with E-state index in [1.165, 1.54) is 5.56 Å². The van der Waals surface area contributed by atoms with E-state index in [1.54, 1.807) is 0 Å². The first-order valence-corrected chi connectivity index (χ1v) is 5.52. The van der Waals surface area contributed by atoms with Crippen LogP contribution in [0.1, 0.15) is 25.8 Å². The van der Waals surface area contributed by atoms with Crippen molar-refractivity contribution in [3.63, 3.8) is 0 Å². The second kappa shape index (κ2) is 5.38. The van der Waals surface area contributed by atoms with Crippen molar-refractivity contribution in [1.29, 1.82) is 0 Å². The average molecular weight is 212 g/mol. The zero-order valence-electron chi connectivity index (χ0n) is 8.83. The minimum atomic E-state index is 0.270. The molecule has 14 heavy (non-hydrogen) atoms. The highest BCUT2D eigenvalue weighted by atomic mass is 35.5. The average Bonchev–Trinajstić information content (AvgIpc) is 2.20. The smallest absolute Gasteiger partial charge is 0.0438 e. The molecule has 0 aromatic heterocycles. The first-order chi connectivity index (χ1) is 6.65. The summed E-state index contributed by atoms with van der Waals surface area (Å²) >= 11 is 6.08. The van der Waals surface area contributed by atoms with Gasteiger partial charge in [0.25, 0.3) is 0 Å². The number of nitrogens with two attached hydrogens (primary N) is 1. The van der Waals surface area contributed by atoms with Crippen LogP contribution in [0.4, 0.5) is 0 Å². The maximum atomic E-state index is 6.08. The first-order valence-electron chi connectivity index (χ1n) is 5.14. The Balaban J connectivity index is 2.64. The molecule has 0 bridgehead atoms. The number of benzene rings is 1. The molecule has 0 aliphatic carbocycles. The summed E-state index contributed by atoms with van der Waals surface area (Å²) in [7, 11) is 0. The van der Waals surface area contributed by atoms with E-state index in [-0.39, 0.29) is 6.04 Å². The fourth-order valence-electron chi connectivity index (χ4n) is 1.56. The molecule has 0 radical (unpaired) electrons. The van der Waals surface area contributed by atoms with Crippen LogP contribution in [0.5, 0.6) is 0 Å². The lowest BCUT2D eigenvalue weighted by molar-refractivity contribution is 0.442. The highest BCUT2D eigenvalue weighted by Crippen LogP contribution is 2.20. The molecule has 0 saturated heterocycles. The molecule has 0 fully saturated rings. The number of rotatable bonds is 4. The molecule has 2 N–H and O–H groups in total. The predicted molar refractivity (Wildman–Crippen MR) is 62.6 cm³/mol. The highest BCUT2D eigenvalue weighted by molar-refractivity contribution is 6.31. The van der Waals surface area contributed by atoms with E-state index in [9.17, 15) is 0 Å². The van der Waals surface area contributed by atoms with E-state index in [0.717, 1.165) is 17.9 Å². The second-order valence-electron chi connectivity index (χ2n) is 3.84. The van der Waals surface area contributed by atoms with Gasteiger partial charge in [-0.1, -0.05) is 43.6 Å². The Kier molecular flexibility index (Phi) is 4.43. The van der Waals surface area contributed by atoms with Crippen molar-refractivity contribution in [3.05, 3.63) is 34.9 Å². The van der Waals surface area contributed by atoms with Crippen molar-refractivity contribution in [3.8, 4) is 0 Å². The zero-order valence-corrected chi connectivity index (χ0v) is 9.59. The van der Waals surface area contributed by atoms with Crippen LogP contribution in [0.2, 0.25) is 5.02 Å². The molecule has 0 amide bonds. The molecule has 1 nitrogen and oxygen atoms in total. The van der Waals surface area contributed by atoms with Crippen LogP contribution in [-0.4, -0.2) is 6.04 Å². The van der Waals surface area contributed by atoms with Gasteiger partial charge in [-0.15, -0.1) is 0 Å². The van der Waals surface area contributed by atoms with Crippen LogP contribution in [0.25, 0.3) is 0 Å². The SMILES string of the molecule is CCC(N)C(C)Cc1ccccc1Cl. The maximum absolute atomic E-state index is 6.08. The first kappa shape index (κ1) is 11.5. The fraction of sp³-hybridized carbons (Fsp3) is 0.500. The molecular weight excluding hydrogens is 194 g/mol. The standard InChI is InChI=1S/C12H18ClN/c1-3-12(14)9(2)8-10-6-4-5-7-11(10)13/h4-7,9,12H,3,8,14H2,1-2H3. The summed E-state index contributed by atoms with van der Waals surface area (Å²) < 4.78 is 0. The van der Waals surface area contributed by atoms with Crippen molar-refractivity contribution >= 4 is 11.6 Å². The second-order valence-corrected chi connectivity index (χ2v) is 4.25. The monoisotopic (exact) mass is 211 g/mol. The summed E-state index contributed by atoms with van der Waals surface area (Å²) in [4.78, 5) is 0. The van der Waals surface area contributed by atoms with Gasteiger partial charge in [0.2, 0.25) is 0 Å². The van der Waals surface area contributed by atoms with Gasteiger partial charge in [-0.25, -0.2) is 0 Å². The Hall–Kier alpha value is -0.530. The van der Waals surface area contributed by atoms with Gasteiger partial charge in [0, 0.05) is 11.1 Å². The Bertz CT molecular complexity index is 285. The molecule has 2 heteroatoms. The van der Waals surface area contributed by atoms with Crippen LogP contribution in [0, 0.1) is 5.92 Å². The summed E-state index contributed by atoms with van der Waals surface area (Å²) in [6, 6.07) is 8.25. The van der Waals surface area contributed by atoms with E-state index in [0.29, 0.717) is 5.92 Å². The van der Waals surface area contributed by atoms with Crippen molar-refractivity contribution in [2.45, 2.75) is 32.7 Å². The Morgan fingerprint density at radius 3 is 2.57 bits per heavy atom. The third-order valence-electron chi connectivity index (χ3n) is 2.70. The minimum Gasteiger partial charge on any atom is -0.327 e. The van der Waals surface area contributed by atoms with Crippen LogP contribution in [0.3, 0.4) is 0 Å². The molecule has 1 aromatic rings. The van der Waals surface area contributed by atoms with Crippen molar-refractivity contribution < 1.29 is 0 Å². The largest absolute Gasteiger partial charge is 0.327 e. The van der Waals surface area contributed by atoms with Gasteiger partial charge < -0.3 is 5.73 Å². The normalized spacial score (nSPS) is 15.1. The molecular formula is C12H18ClN. The van der Waals surface area contributed by atoms with Crippen LogP contribution >= 0.6 is 11.6 Å². The van der Waals surface area contributed by atoms with E-state index < -0.39 is 0 Å². The summed E-state index contributed by atoms with van der Waals surface area (Å²) in [6.45, 7) is 4.30. The summed E-state index contributed by atoms with van der Waals surface area (Å²) in [5, 5.41) is 0.850. The van der Waals surface area contributed by atoms with Gasteiger partial charge in [-0.3, -0.25) is 0 Å². The van der Waals surface area contributed by atoms with Gasteiger partial charge in [0.05, 0.1) is 0 Å². The molecule has 1 aromatic carbocycles. The minimum absolute atomic E-state index is 0.270. The lowest BCUT2D eigenvalue weighted by Gasteiger charge is -2.18. The fourth-order valence-corrected chi connectivity index (χ4v) is 1.78. The van der Waals surface area contributed by atoms with Crippen molar-refractivity contribution in [2.75, 3.05) is 0 Å². The zero-order chi connectivity index (χ0) is 10.6. The number of hydrogen-bond donors (Lipinski definition) is 1. The molecule has 0 saturated carbocycles. The van der Waals surface area contributed by atoms with E-state index in [2.05, 4.69) is 19.9 Å². The molecule has 1 rings (SSSR count). The molecule has 78 valence electrons. The van der Waals surface area contributed by atoms with Crippen molar-refractivity contribution in [2.24, 2.45) is 11.7 Å². The lowest BCUT2D eigenvalue weighted by Crippen LogP contribution is -2.28. The Morgan fingerprint density at radius 2 is 2.00 bits per heavy atom. The van der Waals surface area contributed by atoms with E-state index in [4.69, 9.17) is 17.3 Å². The quantitative estimate of drug-likeness (QED) is 0.813. The van der Waals surface area contributed by atoms with E-state index in [1.807, 2.05) is 18.2 Å². The summed E-state index contributed by atoms with van der Waals surface area (Å²) in [5.41, 5.74) is 7.17. The summed E-state index contributed by atoms with van der Waals surface area (Å²) in [6.07, 6.45) is 1.99. The van der Waals surface area contributed by atoms with Crippen molar-refractivity contribution in [1.82, 2.24) is 0 Å². The van der Waals surface area contributed by atoms with Gasteiger partial charge in [0.15, 0.2) is 0 Å².